The molecule has 14 heavy (non-hydrogen) atoms. The highest BCUT2D eigenvalue weighted by Gasteiger charge is 2.08. The van der Waals surface area contributed by atoms with Gasteiger partial charge in [-0.1, -0.05) is 12.1 Å². The third-order valence-corrected chi connectivity index (χ3v) is 2.09. The fraction of sp³-hybridized carbons (Fsp3) is 0.300. The number of hydrogen-bond donors (Lipinski definition) is 1. The molecule has 0 aliphatic carbocycles. The highest BCUT2D eigenvalue weighted by Crippen LogP contribution is 2.21. The summed E-state index contributed by atoms with van der Waals surface area (Å²) in [5.74, 6) is -0.196. The summed E-state index contributed by atoms with van der Waals surface area (Å²) in [6.07, 6.45) is 0.582. The molecule has 0 aliphatic heterocycles. The van der Waals surface area contributed by atoms with Gasteiger partial charge in [-0.3, -0.25) is 4.79 Å². The molecule has 76 valence electrons. The average molecular weight is 214 g/mol. The Labute approximate surface area is 87.5 Å². The van der Waals surface area contributed by atoms with Gasteiger partial charge in [-0.2, -0.15) is 0 Å². The summed E-state index contributed by atoms with van der Waals surface area (Å²) in [5, 5.41) is -0.243. The third-order valence-electron chi connectivity index (χ3n) is 1.87. The summed E-state index contributed by atoms with van der Waals surface area (Å²) < 4.78 is 18.3. The first-order chi connectivity index (χ1) is 6.65. The van der Waals surface area contributed by atoms with E-state index in [1.807, 2.05) is 0 Å². The zero-order valence-electron chi connectivity index (χ0n) is 7.79. The molecule has 1 aromatic carbocycles. The van der Waals surface area contributed by atoms with Gasteiger partial charge in [0.1, 0.15) is 0 Å². The molecular weight excluding hydrogens is 203 g/mol. The van der Waals surface area contributed by atoms with E-state index in [1.165, 1.54) is 7.11 Å². The summed E-state index contributed by atoms with van der Waals surface area (Å²) in [7, 11) is 1.41. The van der Waals surface area contributed by atoms with E-state index in [9.17, 15) is 9.18 Å². The van der Waals surface area contributed by atoms with Crippen molar-refractivity contribution in [3.05, 3.63) is 29.6 Å². The second kappa shape index (κ2) is 5.00. The minimum absolute atomic E-state index is 0.203. The first-order valence-electron chi connectivity index (χ1n) is 4.18. The Kier molecular flexibility index (Phi) is 3.95. The van der Waals surface area contributed by atoms with Crippen LogP contribution in [0.15, 0.2) is 18.2 Å². The van der Waals surface area contributed by atoms with Crippen LogP contribution in [-0.4, -0.2) is 12.2 Å². The molecule has 0 unspecified atom stereocenters. The van der Waals surface area contributed by atoms with Crippen LogP contribution in [0.5, 0.6) is 5.75 Å². The summed E-state index contributed by atoms with van der Waals surface area (Å²) in [4.78, 5) is 10.6. The number of ether oxygens (including phenoxy) is 1. The van der Waals surface area contributed by atoms with Crippen LogP contribution in [0.4, 0.5) is 4.39 Å². The summed E-state index contributed by atoms with van der Waals surface area (Å²) in [6, 6.07) is 4.87. The lowest BCUT2D eigenvalue weighted by atomic mass is 10.1. The topological polar surface area (TPSA) is 26.3 Å². The van der Waals surface area contributed by atoms with Crippen molar-refractivity contribution in [1.29, 1.82) is 0 Å². The summed E-state index contributed by atoms with van der Waals surface area (Å²) >= 11 is 3.62. The molecule has 0 amide bonds. The van der Waals surface area contributed by atoms with Crippen molar-refractivity contribution < 1.29 is 13.9 Å². The Balaban J connectivity index is 2.81. The van der Waals surface area contributed by atoms with Gasteiger partial charge in [-0.25, -0.2) is 4.39 Å². The second-order valence-corrected chi connectivity index (χ2v) is 3.33. The highest BCUT2D eigenvalue weighted by molar-refractivity contribution is 7.96. The summed E-state index contributed by atoms with van der Waals surface area (Å²) in [6.45, 7) is 0. The number of aryl methyl sites for hydroxylation is 1. The van der Waals surface area contributed by atoms with E-state index in [0.717, 1.165) is 0 Å². The van der Waals surface area contributed by atoms with Crippen LogP contribution in [0.1, 0.15) is 12.0 Å². The zero-order valence-corrected chi connectivity index (χ0v) is 8.68. The van der Waals surface area contributed by atoms with Crippen molar-refractivity contribution in [1.82, 2.24) is 0 Å². The molecular formula is C10H11FO2S. The Morgan fingerprint density at radius 3 is 2.86 bits per heavy atom. The minimum Gasteiger partial charge on any atom is -0.494 e. The van der Waals surface area contributed by atoms with E-state index in [4.69, 9.17) is 4.74 Å². The average Bonchev–Trinajstić information content (AvgIpc) is 2.16. The Hall–Kier alpha value is -1.03. The molecule has 0 N–H and O–H groups in total. The summed E-state index contributed by atoms with van der Waals surface area (Å²) in [5.41, 5.74) is 0.478. The lowest BCUT2D eigenvalue weighted by molar-refractivity contribution is -0.110. The first-order valence-corrected chi connectivity index (χ1v) is 4.63. The van der Waals surface area contributed by atoms with Crippen LogP contribution in [0.3, 0.4) is 0 Å². The number of rotatable bonds is 4. The van der Waals surface area contributed by atoms with Crippen molar-refractivity contribution in [2.24, 2.45) is 0 Å². The monoisotopic (exact) mass is 214 g/mol. The van der Waals surface area contributed by atoms with Crippen LogP contribution in [0, 0.1) is 5.82 Å². The van der Waals surface area contributed by atoms with Gasteiger partial charge in [-0.15, -0.1) is 12.6 Å². The van der Waals surface area contributed by atoms with Crippen molar-refractivity contribution in [2.75, 3.05) is 7.11 Å². The highest BCUT2D eigenvalue weighted by atomic mass is 32.1. The molecule has 0 fully saturated rings. The number of carbonyl (C=O) groups excluding carboxylic acids is 1. The van der Waals surface area contributed by atoms with Crippen molar-refractivity contribution in [3.63, 3.8) is 0 Å². The van der Waals surface area contributed by atoms with Gasteiger partial charge in [0.15, 0.2) is 16.7 Å². The maximum atomic E-state index is 13.5. The van der Waals surface area contributed by atoms with Crippen LogP contribution < -0.4 is 4.74 Å². The predicted octanol–water partition coefficient (Wildman–Crippen LogP) is 2.22. The van der Waals surface area contributed by atoms with Gasteiger partial charge in [-0.05, 0) is 18.1 Å². The van der Waals surface area contributed by atoms with Gasteiger partial charge in [0, 0.05) is 6.42 Å². The quantitative estimate of drug-likeness (QED) is 0.778. The fourth-order valence-electron chi connectivity index (χ4n) is 1.15. The number of benzene rings is 1. The van der Waals surface area contributed by atoms with Gasteiger partial charge in [0.25, 0.3) is 0 Å². The Bertz CT molecular complexity index is 339. The van der Waals surface area contributed by atoms with Crippen molar-refractivity contribution in [2.45, 2.75) is 12.8 Å². The maximum Gasteiger partial charge on any atom is 0.186 e. The molecule has 0 radical (unpaired) electrons. The van der Waals surface area contributed by atoms with Gasteiger partial charge in [0.05, 0.1) is 7.11 Å². The molecule has 2 nitrogen and oxygen atoms in total. The molecule has 0 spiro atoms. The van der Waals surface area contributed by atoms with E-state index in [1.54, 1.807) is 18.2 Å². The zero-order chi connectivity index (χ0) is 10.6. The van der Waals surface area contributed by atoms with Crippen LogP contribution in [-0.2, 0) is 11.2 Å². The van der Waals surface area contributed by atoms with Crippen LogP contribution in [0.2, 0.25) is 0 Å². The molecule has 0 saturated carbocycles. The van der Waals surface area contributed by atoms with E-state index in [-0.39, 0.29) is 17.3 Å². The Morgan fingerprint density at radius 2 is 2.29 bits per heavy atom. The van der Waals surface area contributed by atoms with E-state index >= 15 is 0 Å². The van der Waals surface area contributed by atoms with Crippen LogP contribution in [0.25, 0.3) is 0 Å². The molecule has 0 aliphatic rings. The lowest BCUT2D eigenvalue weighted by Gasteiger charge is -2.05. The Morgan fingerprint density at radius 1 is 1.57 bits per heavy atom. The molecule has 0 atom stereocenters. The lowest BCUT2D eigenvalue weighted by Crippen LogP contribution is -1.97. The molecule has 1 aromatic rings. The smallest absolute Gasteiger partial charge is 0.186 e. The maximum absolute atomic E-state index is 13.5. The number of carbonyl (C=O) groups is 1. The molecule has 1 rings (SSSR count). The fourth-order valence-corrected chi connectivity index (χ4v) is 1.26. The number of halogens is 1. The van der Waals surface area contributed by atoms with Gasteiger partial charge in [0.2, 0.25) is 0 Å². The van der Waals surface area contributed by atoms with E-state index in [0.29, 0.717) is 12.0 Å². The largest absolute Gasteiger partial charge is 0.494 e. The number of thiol groups is 1. The van der Waals surface area contributed by atoms with E-state index < -0.39 is 5.82 Å². The van der Waals surface area contributed by atoms with Crippen molar-refractivity contribution >= 4 is 17.7 Å². The molecule has 0 heterocycles. The van der Waals surface area contributed by atoms with E-state index in [2.05, 4.69) is 12.6 Å². The minimum atomic E-state index is -0.399. The predicted molar refractivity (Wildman–Crippen MR) is 55.3 cm³/mol. The molecule has 0 bridgehead atoms. The number of methoxy groups -OCH3 is 1. The van der Waals surface area contributed by atoms with Crippen molar-refractivity contribution in [3.8, 4) is 5.75 Å². The molecule has 4 heteroatoms. The standard InChI is InChI=1S/C10H11FO2S/c1-13-8-4-2-3-7(10(8)11)5-6-9(12)14/h2-4H,5-6H2,1H3,(H,12,14). The normalized spacial score (nSPS) is 9.93. The molecule has 0 aromatic heterocycles. The van der Waals surface area contributed by atoms with Gasteiger partial charge < -0.3 is 4.74 Å². The molecule has 0 saturated heterocycles. The SMILES string of the molecule is COc1cccc(CCC(=O)S)c1F. The number of hydrogen-bond acceptors (Lipinski definition) is 2. The van der Waals surface area contributed by atoms with Gasteiger partial charge >= 0.3 is 0 Å². The van der Waals surface area contributed by atoms with Crippen LogP contribution >= 0.6 is 12.6 Å². The third kappa shape index (κ3) is 2.73. The first kappa shape index (κ1) is 11.0. The second-order valence-electron chi connectivity index (χ2n) is 2.83.